The van der Waals surface area contributed by atoms with Crippen LogP contribution in [0.2, 0.25) is 0 Å². The molecule has 3 N–H and O–H groups in total. The largest absolute Gasteiger partial charge is 0.370 e. The molecular weight excluding hydrogens is 188 g/mol. The number of carbonyl (C=O) groups is 1. The van der Waals surface area contributed by atoms with Crippen molar-refractivity contribution >= 4 is 5.91 Å². The van der Waals surface area contributed by atoms with Crippen molar-refractivity contribution < 1.29 is 4.79 Å². The van der Waals surface area contributed by atoms with Crippen molar-refractivity contribution in [1.82, 2.24) is 5.32 Å². The van der Waals surface area contributed by atoms with Crippen LogP contribution in [-0.4, -0.2) is 18.0 Å². The fourth-order valence-electron chi connectivity index (χ4n) is 2.51. The maximum absolute atomic E-state index is 10.8. The van der Waals surface area contributed by atoms with Crippen LogP contribution in [0, 0.1) is 5.41 Å². The maximum atomic E-state index is 10.8. The van der Waals surface area contributed by atoms with E-state index in [1.54, 1.807) is 0 Å². The maximum Gasteiger partial charge on any atom is 0.218 e. The van der Waals surface area contributed by atoms with Crippen molar-refractivity contribution in [2.75, 3.05) is 0 Å². The molecule has 15 heavy (non-hydrogen) atoms. The quantitative estimate of drug-likeness (QED) is 0.746. The number of carbonyl (C=O) groups excluding carboxylic acids is 1. The third-order valence-electron chi connectivity index (χ3n) is 3.50. The summed E-state index contributed by atoms with van der Waals surface area (Å²) in [6.07, 6.45) is 5.55. The Morgan fingerprint density at radius 3 is 2.73 bits per heavy atom. The zero-order chi connectivity index (χ0) is 11.5. The van der Waals surface area contributed by atoms with E-state index in [2.05, 4.69) is 19.2 Å². The lowest BCUT2D eigenvalue weighted by Gasteiger charge is -2.40. The van der Waals surface area contributed by atoms with Crippen LogP contribution in [0.3, 0.4) is 0 Å². The van der Waals surface area contributed by atoms with Gasteiger partial charge in [0.15, 0.2) is 0 Å². The molecule has 0 bridgehead atoms. The smallest absolute Gasteiger partial charge is 0.218 e. The minimum atomic E-state index is -0.219. The van der Waals surface area contributed by atoms with E-state index in [0.717, 1.165) is 0 Å². The molecular formula is C12H24N2O. The summed E-state index contributed by atoms with van der Waals surface area (Å²) in [5.41, 5.74) is 5.54. The highest BCUT2D eigenvalue weighted by molar-refractivity contribution is 5.74. The zero-order valence-electron chi connectivity index (χ0n) is 10.2. The molecule has 2 unspecified atom stereocenters. The van der Waals surface area contributed by atoms with Crippen molar-refractivity contribution in [1.29, 1.82) is 0 Å². The average Bonchev–Trinajstić information content (AvgIpc) is 2.07. The molecule has 1 rings (SSSR count). The number of nitrogens with two attached hydrogens (primary N) is 1. The molecule has 0 aromatic carbocycles. The Labute approximate surface area is 92.8 Å². The highest BCUT2D eigenvalue weighted by Gasteiger charge is 2.32. The van der Waals surface area contributed by atoms with Crippen LogP contribution in [0.1, 0.15) is 52.9 Å². The van der Waals surface area contributed by atoms with Crippen molar-refractivity contribution in [3.05, 3.63) is 0 Å². The van der Waals surface area contributed by atoms with Gasteiger partial charge in [0.1, 0.15) is 0 Å². The van der Waals surface area contributed by atoms with Crippen molar-refractivity contribution in [2.24, 2.45) is 11.1 Å². The second-order valence-corrected chi connectivity index (χ2v) is 5.53. The monoisotopic (exact) mass is 212 g/mol. The Balaban J connectivity index is 2.45. The second kappa shape index (κ2) is 4.97. The van der Waals surface area contributed by atoms with Crippen molar-refractivity contribution in [3.8, 4) is 0 Å². The van der Waals surface area contributed by atoms with E-state index in [1.165, 1.54) is 25.7 Å². The third kappa shape index (κ3) is 3.82. The molecule has 1 saturated carbocycles. The molecule has 1 aliphatic carbocycles. The predicted molar refractivity (Wildman–Crippen MR) is 62.4 cm³/mol. The minimum Gasteiger partial charge on any atom is -0.370 e. The Bertz CT molecular complexity index is 226. The Morgan fingerprint density at radius 2 is 2.20 bits per heavy atom. The van der Waals surface area contributed by atoms with Gasteiger partial charge in [-0.1, -0.05) is 26.7 Å². The van der Waals surface area contributed by atoms with E-state index in [1.807, 2.05) is 6.92 Å². The number of nitrogens with one attached hydrogen (secondary N) is 1. The first-order chi connectivity index (χ1) is 6.92. The lowest BCUT2D eigenvalue weighted by molar-refractivity contribution is -0.118. The minimum absolute atomic E-state index is 0.199. The Hall–Kier alpha value is -0.570. The molecule has 0 aromatic rings. The fraction of sp³-hybridized carbons (Fsp3) is 0.917. The van der Waals surface area contributed by atoms with Gasteiger partial charge in [0.05, 0.1) is 0 Å². The molecule has 0 heterocycles. The first-order valence-corrected chi connectivity index (χ1v) is 5.96. The molecule has 1 amide bonds. The summed E-state index contributed by atoms with van der Waals surface area (Å²) in [5, 5.41) is 3.54. The zero-order valence-corrected chi connectivity index (χ0v) is 10.2. The lowest BCUT2D eigenvalue weighted by atomic mass is 9.73. The van der Waals surface area contributed by atoms with Gasteiger partial charge in [-0.05, 0) is 25.2 Å². The highest BCUT2D eigenvalue weighted by atomic mass is 16.1. The molecule has 3 nitrogen and oxygen atoms in total. The summed E-state index contributed by atoms with van der Waals surface area (Å²) in [5.74, 6) is -0.219. The van der Waals surface area contributed by atoms with E-state index in [9.17, 15) is 4.79 Å². The van der Waals surface area contributed by atoms with Gasteiger partial charge in [-0.15, -0.1) is 0 Å². The van der Waals surface area contributed by atoms with E-state index in [-0.39, 0.29) is 11.9 Å². The van der Waals surface area contributed by atoms with Gasteiger partial charge in [-0.2, -0.15) is 0 Å². The van der Waals surface area contributed by atoms with Gasteiger partial charge < -0.3 is 11.1 Å². The molecule has 2 atom stereocenters. The van der Waals surface area contributed by atoms with Crippen LogP contribution in [-0.2, 0) is 4.79 Å². The first kappa shape index (κ1) is 12.5. The molecule has 1 fully saturated rings. The molecule has 88 valence electrons. The normalized spacial score (nSPS) is 27.3. The van der Waals surface area contributed by atoms with Gasteiger partial charge in [0.25, 0.3) is 0 Å². The van der Waals surface area contributed by atoms with Gasteiger partial charge in [-0.25, -0.2) is 0 Å². The van der Waals surface area contributed by atoms with Crippen LogP contribution in [0.5, 0.6) is 0 Å². The number of amides is 1. The predicted octanol–water partition coefficient (Wildman–Crippen LogP) is 1.81. The molecule has 0 radical (unpaired) electrons. The lowest BCUT2D eigenvalue weighted by Crippen LogP contribution is -2.48. The van der Waals surface area contributed by atoms with Crippen LogP contribution in [0.4, 0.5) is 0 Å². The summed E-state index contributed by atoms with van der Waals surface area (Å²) in [7, 11) is 0. The van der Waals surface area contributed by atoms with Gasteiger partial charge in [-0.3, -0.25) is 4.79 Å². The highest BCUT2D eigenvalue weighted by Crippen LogP contribution is 2.35. The van der Waals surface area contributed by atoms with Crippen molar-refractivity contribution in [2.45, 2.75) is 65.0 Å². The van der Waals surface area contributed by atoms with Crippen LogP contribution >= 0.6 is 0 Å². The van der Waals surface area contributed by atoms with Crippen LogP contribution in [0.25, 0.3) is 0 Å². The van der Waals surface area contributed by atoms with E-state index in [0.29, 0.717) is 17.9 Å². The van der Waals surface area contributed by atoms with Crippen LogP contribution < -0.4 is 11.1 Å². The van der Waals surface area contributed by atoms with Gasteiger partial charge in [0, 0.05) is 18.5 Å². The molecule has 1 aliphatic rings. The molecule has 0 aromatic heterocycles. The number of rotatable bonds is 4. The summed E-state index contributed by atoms with van der Waals surface area (Å²) < 4.78 is 0. The van der Waals surface area contributed by atoms with Crippen molar-refractivity contribution in [3.63, 3.8) is 0 Å². The van der Waals surface area contributed by atoms with E-state index >= 15 is 0 Å². The van der Waals surface area contributed by atoms with Gasteiger partial charge >= 0.3 is 0 Å². The molecule has 0 saturated heterocycles. The summed E-state index contributed by atoms with van der Waals surface area (Å²) >= 11 is 0. The topological polar surface area (TPSA) is 55.1 Å². The molecule has 3 heteroatoms. The first-order valence-electron chi connectivity index (χ1n) is 5.96. The van der Waals surface area contributed by atoms with E-state index < -0.39 is 0 Å². The summed E-state index contributed by atoms with van der Waals surface area (Å²) in [4.78, 5) is 10.8. The fourth-order valence-corrected chi connectivity index (χ4v) is 2.51. The molecule has 0 spiro atoms. The second-order valence-electron chi connectivity index (χ2n) is 5.53. The molecule has 0 aliphatic heterocycles. The average molecular weight is 212 g/mol. The number of hydrogen-bond acceptors (Lipinski definition) is 2. The van der Waals surface area contributed by atoms with E-state index in [4.69, 9.17) is 5.73 Å². The summed E-state index contributed by atoms with van der Waals surface area (Å²) in [6, 6.07) is 0.727. The number of primary amides is 1. The SMILES string of the molecule is CC(CC(N)=O)NC1CCCCC1(C)C. The number of hydrogen-bond donors (Lipinski definition) is 2. The third-order valence-corrected chi connectivity index (χ3v) is 3.50. The van der Waals surface area contributed by atoms with Gasteiger partial charge in [0.2, 0.25) is 5.91 Å². The Kier molecular flexibility index (Phi) is 4.14. The van der Waals surface area contributed by atoms with Crippen LogP contribution in [0.15, 0.2) is 0 Å². The summed E-state index contributed by atoms with van der Waals surface area (Å²) in [6.45, 7) is 6.65. The Morgan fingerprint density at radius 1 is 1.53 bits per heavy atom. The standard InChI is InChI=1S/C12H24N2O/c1-9(8-11(13)15)14-10-6-4-5-7-12(10,2)3/h9-10,14H,4-8H2,1-3H3,(H2,13,15).